The van der Waals surface area contributed by atoms with Crippen molar-refractivity contribution in [2.45, 2.75) is 19.3 Å². The van der Waals surface area contributed by atoms with Gasteiger partial charge in [0.15, 0.2) is 0 Å². The number of nitrogens with zero attached hydrogens (tertiary/aromatic N) is 2. The van der Waals surface area contributed by atoms with E-state index in [0.29, 0.717) is 12.2 Å². The van der Waals surface area contributed by atoms with Gasteiger partial charge in [0.2, 0.25) is 0 Å². The van der Waals surface area contributed by atoms with Crippen LogP contribution in [0.2, 0.25) is 0 Å². The molecule has 0 aromatic carbocycles. The SMILES string of the molecule is Cn1nccc1C(=O)NCC(C)(C)c1ccco1. The molecule has 1 amide bonds. The number of hydrogen-bond acceptors (Lipinski definition) is 3. The van der Waals surface area contributed by atoms with Crippen molar-refractivity contribution in [1.82, 2.24) is 15.1 Å². The second-order valence-corrected chi connectivity index (χ2v) is 4.88. The lowest BCUT2D eigenvalue weighted by Crippen LogP contribution is -2.37. The third kappa shape index (κ3) is 2.45. The summed E-state index contributed by atoms with van der Waals surface area (Å²) >= 11 is 0. The maximum atomic E-state index is 11.9. The van der Waals surface area contributed by atoms with Crippen molar-refractivity contribution in [3.8, 4) is 0 Å². The summed E-state index contributed by atoms with van der Waals surface area (Å²) in [5.74, 6) is 0.724. The Morgan fingerprint density at radius 1 is 1.50 bits per heavy atom. The first-order valence-electron chi connectivity index (χ1n) is 5.81. The van der Waals surface area contributed by atoms with Gasteiger partial charge in [-0.15, -0.1) is 0 Å². The zero-order chi connectivity index (χ0) is 13.2. The van der Waals surface area contributed by atoms with Crippen molar-refractivity contribution in [3.05, 3.63) is 42.1 Å². The summed E-state index contributed by atoms with van der Waals surface area (Å²) in [6.07, 6.45) is 3.24. The molecule has 0 atom stereocenters. The van der Waals surface area contributed by atoms with E-state index in [1.807, 2.05) is 26.0 Å². The number of rotatable bonds is 4. The van der Waals surface area contributed by atoms with Gasteiger partial charge in [-0.2, -0.15) is 5.10 Å². The molecule has 0 radical (unpaired) electrons. The lowest BCUT2D eigenvalue weighted by Gasteiger charge is -2.22. The van der Waals surface area contributed by atoms with Crippen molar-refractivity contribution < 1.29 is 9.21 Å². The Labute approximate surface area is 106 Å². The van der Waals surface area contributed by atoms with Gasteiger partial charge in [0, 0.05) is 25.2 Å². The van der Waals surface area contributed by atoms with Gasteiger partial charge in [-0.3, -0.25) is 9.48 Å². The normalized spacial score (nSPS) is 11.5. The molecule has 0 bridgehead atoms. The van der Waals surface area contributed by atoms with E-state index in [0.717, 1.165) is 5.76 Å². The van der Waals surface area contributed by atoms with E-state index < -0.39 is 0 Å². The highest BCUT2D eigenvalue weighted by molar-refractivity contribution is 5.92. The van der Waals surface area contributed by atoms with Gasteiger partial charge in [-0.25, -0.2) is 0 Å². The Morgan fingerprint density at radius 2 is 2.28 bits per heavy atom. The fourth-order valence-corrected chi connectivity index (χ4v) is 1.74. The summed E-state index contributed by atoms with van der Waals surface area (Å²) < 4.78 is 6.93. The zero-order valence-electron chi connectivity index (χ0n) is 10.8. The van der Waals surface area contributed by atoms with E-state index in [4.69, 9.17) is 4.42 Å². The average Bonchev–Trinajstić information content (AvgIpc) is 2.96. The summed E-state index contributed by atoms with van der Waals surface area (Å²) in [7, 11) is 1.74. The number of hydrogen-bond donors (Lipinski definition) is 1. The Bertz CT molecular complexity index is 526. The van der Waals surface area contributed by atoms with Crippen molar-refractivity contribution in [1.29, 1.82) is 0 Å². The minimum atomic E-state index is -0.238. The van der Waals surface area contributed by atoms with E-state index in [9.17, 15) is 4.79 Å². The Balaban J connectivity index is 2.00. The molecule has 0 aliphatic heterocycles. The van der Waals surface area contributed by atoms with Gasteiger partial charge in [0.1, 0.15) is 11.5 Å². The van der Waals surface area contributed by atoms with E-state index >= 15 is 0 Å². The van der Waals surface area contributed by atoms with Gasteiger partial charge in [0.25, 0.3) is 5.91 Å². The minimum absolute atomic E-state index is 0.130. The highest BCUT2D eigenvalue weighted by Crippen LogP contribution is 2.22. The predicted octanol–water partition coefficient (Wildman–Crippen LogP) is 1.72. The van der Waals surface area contributed by atoms with Crippen LogP contribution in [0.15, 0.2) is 35.1 Å². The number of amides is 1. The van der Waals surface area contributed by atoms with Gasteiger partial charge in [0.05, 0.1) is 6.26 Å². The molecule has 1 N–H and O–H groups in total. The largest absolute Gasteiger partial charge is 0.469 e. The Hall–Kier alpha value is -2.04. The molecule has 0 unspecified atom stereocenters. The lowest BCUT2D eigenvalue weighted by atomic mass is 9.90. The van der Waals surface area contributed by atoms with Gasteiger partial charge < -0.3 is 9.73 Å². The van der Waals surface area contributed by atoms with E-state index in [-0.39, 0.29) is 11.3 Å². The Morgan fingerprint density at radius 3 is 2.83 bits per heavy atom. The molecule has 18 heavy (non-hydrogen) atoms. The number of carbonyl (C=O) groups is 1. The first kappa shape index (κ1) is 12.4. The quantitative estimate of drug-likeness (QED) is 0.895. The van der Waals surface area contributed by atoms with Crippen LogP contribution < -0.4 is 5.32 Å². The predicted molar refractivity (Wildman–Crippen MR) is 67.3 cm³/mol. The molecule has 5 nitrogen and oxygen atoms in total. The summed E-state index contributed by atoms with van der Waals surface area (Å²) in [5.41, 5.74) is 0.308. The maximum Gasteiger partial charge on any atom is 0.269 e. The van der Waals surface area contributed by atoms with Gasteiger partial charge in [-0.1, -0.05) is 13.8 Å². The molecule has 0 saturated heterocycles. The molecule has 2 heterocycles. The summed E-state index contributed by atoms with van der Waals surface area (Å²) in [4.78, 5) is 11.9. The molecular weight excluding hydrogens is 230 g/mol. The number of furan rings is 1. The monoisotopic (exact) mass is 247 g/mol. The van der Waals surface area contributed by atoms with Crippen LogP contribution in [-0.2, 0) is 12.5 Å². The van der Waals surface area contributed by atoms with Crippen LogP contribution in [0.3, 0.4) is 0 Å². The minimum Gasteiger partial charge on any atom is -0.469 e. The topological polar surface area (TPSA) is 60.1 Å². The van der Waals surface area contributed by atoms with Crippen molar-refractivity contribution in [3.63, 3.8) is 0 Å². The third-order valence-electron chi connectivity index (χ3n) is 2.93. The molecule has 5 heteroatoms. The summed E-state index contributed by atoms with van der Waals surface area (Å²) in [6.45, 7) is 4.55. The molecule has 2 rings (SSSR count). The molecule has 0 saturated carbocycles. The van der Waals surface area contributed by atoms with Crippen molar-refractivity contribution in [2.75, 3.05) is 6.54 Å². The van der Waals surface area contributed by atoms with Crippen LogP contribution >= 0.6 is 0 Å². The third-order valence-corrected chi connectivity index (χ3v) is 2.93. The lowest BCUT2D eigenvalue weighted by molar-refractivity contribution is 0.0934. The van der Waals surface area contributed by atoms with Crippen molar-refractivity contribution in [2.24, 2.45) is 7.05 Å². The highest BCUT2D eigenvalue weighted by atomic mass is 16.3. The van der Waals surface area contributed by atoms with Gasteiger partial charge >= 0.3 is 0 Å². The van der Waals surface area contributed by atoms with E-state index in [2.05, 4.69) is 10.4 Å². The molecule has 0 fully saturated rings. The van der Waals surface area contributed by atoms with Crippen LogP contribution in [0.25, 0.3) is 0 Å². The van der Waals surface area contributed by atoms with Crippen LogP contribution in [0.5, 0.6) is 0 Å². The molecule has 0 aliphatic carbocycles. The molecule has 0 aliphatic rings. The average molecular weight is 247 g/mol. The second kappa shape index (κ2) is 4.68. The number of aromatic nitrogens is 2. The van der Waals surface area contributed by atoms with Crippen molar-refractivity contribution >= 4 is 5.91 Å². The molecule has 2 aromatic rings. The molecule has 2 aromatic heterocycles. The van der Waals surface area contributed by atoms with E-state index in [1.54, 1.807) is 30.3 Å². The first-order chi connectivity index (χ1) is 8.50. The molecule has 0 spiro atoms. The van der Waals surface area contributed by atoms with Crippen LogP contribution in [0.4, 0.5) is 0 Å². The summed E-state index contributed by atoms with van der Waals surface area (Å²) in [5, 5.41) is 6.86. The fourth-order valence-electron chi connectivity index (χ4n) is 1.74. The van der Waals surface area contributed by atoms with Gasteiger partial charge in [-0.05, 0) is 18.2 Å². The van der Waals surface area contributed by atoms with Crippen LogP contribution in [-0.4, -0.2) is 22.2 Å². The second-order valence-electron chi connectivity index (χ2n) is 4.88. The number of carbonyl (C=O) groups excluding carboxylic acids is 1. The Kier molecular flexibility index (Phi) is 3.23. The smallest absolute Gasteiger partial charge is 0.269 e. The van der Waals surface area contributed by atoms with Crippen LogP contribution in [0, 0.1) is 0 Å². The van der Waals surface area contributed by atoms with E-state index in [1.165, 1.54) is 0 Å². The maximum absolute atomic E-state index is 11.9. The molecular formula is C13H17N3O2. The molecule has 96 valence electrons. The van der Waals surface area contributed by atoms with Crippen LogP contribution in [0.1, 0.15) is 30.1 Å². The number of nitrogens with one attached hydrogen (secondary N) is 1. The highest BCUT2D eigenvalue weighted by Gasteiger charge is 2.24. The summed E-state index contributed by atoms with van der Waals surface area (Å²) in [6, 6.07) is 5.45. The standard InChI is InChI=1S/C13H17N3O2/c1-13(2,11-5-4-8-18-11)9-14-12(17)10-6-7-15-16(10)3/h4-8H,9H2,1-3H3,(H,14,17). The fraction of sp³-hybridized carbons (Fsp3) is 0.385. The number of aryl methyl sites for hydroxylation is 1. The first-order valence-corrected chi connectivity index (χ1v) is 5.81. The zero-order valence-corrected chi connectivity index (χ0v) is 10.8.